The highest BCUT2D eigenvalue weighted by Gasteiger charge is 2.36. The van der Waals surface area contributed by atoms with E-state index in [2.05, 4.69) is 48.8 Å². The summed E-state index contributed by atoms with van der Waals surface area (Å²) in [6, 6.07) is 10.8. The monoisotopic (exact) mass is 476 g/mol. The molecule has 2 aliphatic heterocycles. The van der Waals surface area contributed by atoms with Crippen LogP contribution in [0.5, 0.6) is 11.5 Å². The second-order valence-corrected chi connectivity index (χ2v) is 9.39. The number of benzene rings is 1. The Labute approximate surface area is 205 Å². The number of aromatic nitrogens is 3. The van der Waals surface area contributed by atoms with Crippen LogP contribution in [0.4, 0.5) is 5.69 Å². The molecule has 0 aliphatic carbocycles. The van der Waals surface area contributed by atoms with E-state index in [-0.39, 0.29) is 30.9 Å². The smallest absolute Gasteiger partial charge is 0.267 e. The van der Waals surface area contributed by atoms with Gasteiger partial charge in [-0.1, -0.05) is 19.9 Å². The number of anilines is 1. The minimum atomic E-state index is -0.0903. The van der Waals surface area contributed by atoms with Crippen molar-refractivity contribution in [2.45, 2.75) is 58.2 Å². The highest BCUT2D eigenvalue weighted by Crippen LogP contribution is 2.38. The summed E-state index contributed by atoms with van der Waals surface area (Å²) in [5.41, 5.74) is 3.36. The first kappa shape index (κ1) is 23.2. The molecule has 0 amide bonds. The Morgan fingerprint density at radius 1 is 1.14 bits per heavy atom. The molecule has 0 saturated carbocycles. The number of hydrogen-bond acceptors (Lipinski definition) is 7. The van der Waals surface area contributed by atoms with E-state index in [1.165, 1.54) is 5.56 Å². The van der Waals surface area contributed by atoms with Crippen molar-refractivity contribution in [1.29, 1.82) is 5.26 Å². The minimum absolute atomic E-state index is 0.0903. The Morgan fingerprint density at radius 2 is 1.91 bits per heavy atom. The van der Waals surface area contributed by atoms with E-state index in [4.69, 9.17) is 19.7 Å². The molecule has 4 heterocycles. The fraction of sp³-hybridized carbons (Fsp3) is 0.500. The van der Waals surface area contributed by atoms with Crippen LogP contribution in [-0.4, -0.2) is 51.0 Å². The van der Waals surface area contributed by atoms with Gasteiger partial charge in [0.05, 0.1) is 30.1 Å². The van der Waals surface area contributed by atoms with Gasteiger partial charge in [0.15, 0.2) is 17.1 Å². The van der Waals surface area contributed by atoms with Crippen LogP contribution >= 0.6 is 0 Å². The summed E-state index contributed by atoms with van der Waals surface area (Å²) in [7, 11) is 1.73. The maximum Gasteiger partial charge on any atom is 0.267 e. The van der Waals surface area contributed by atoms with Crippen LogP contribution in [0.1, 0.15) is 50.9 Å². The summed E-state index contributed by atoms with van der Waals surface area (Å²) in [5.74, 6) is 1.61. The van der Waals surface area contributed by atoms with E-state index in [9.17, 15) is 4.79 Å². The Hall–Kier alpha value is -3.51. The number of aryl methyl sites for hydroxylation is 1. The second kappa shape index (κ2) is 9.27. The molecule has 3 atom stereocenters. The van der Waals surface area contributed by atoms with Crippen LogP contribution < -0.4 is 19.9 Å². The standard InChI is InChI=1S/C26H32N6O3/c1-5-20-15-31(22-12-25(33)29(4)32-13-19(9-10-27)28-26(22)32)21(6-2)14-30(20)17(3)18-7-8-23-24(11-18)35-16-34-23/h7-8,11-13,17,20-21H,5-6,9,14-16H2,1-4H3/t17?,20-,21+/m1/s1. The number of nitrogens with zero attached hydrogens (tertiary/aromatic N) is 6. The summed E-state index contributed by atoms with van der Waals surface area (Å²) in [5, 5.41) is 9.16. The summed E-state index contributed by atoms with van der Waals surface area (Å²) < 4.78 is 14.4. The summed E-state index contributed by atoms with van der Waals surface area (Å²) in [6.07, 6.45) is 3.93. The van der Waals surface area contributed by atoms with Gasteiger partial charge in [-0.2, -0.15) is 5.26 Å². The minimum Gasteiger partial charge on any atom is -0.454 e. The average molecular weight is 477 g/mol. The lowest BCUT2D eigenvalue weighted by Gasteiger charge is -2.49. The predicted octanol–water partition coefficient (Wildman–Crippen LogP) is 3.27. The Morgan fingerprint density at radius 3 is 2.66 bits per heavy atom. The molecule has 0 radical (unpaired) electrons. The molecule has 1 saturated heterocycles. The molecular formula is C26H32N6O3. The van der Waals surface area contributed by atoms with Gasteiger partial charge in [0.25, 0.3) is 5.56 Å². The molecular weight excluding hydrogens is 444 g/mol. The van der Waals surface area contributed by atoms with E-state index < -0.39 is 0 Å². The van der Waals surface area contributed by atoms with Crippen LogP contribution in [0.2, 0.25) is 0 Å². The molecule has 3 aromatic rings. The summed E-state index contributed by atoms with van der Waals surface area (Å²) in [6.45, 7) is 8.61. The molecule has 5 rings (SSSR count). The van der Waals surface area contributed by atoms with Gasteiger partial charge in [-0.15, -0.1) is 0 Å². The van der Waals surface area contributed by atoms with Gasteiger partial charge in [0.1, 0.15) is 0 Å². The third kappa shape index (κ3) is 4.02. The van der Waals surface area contributed by atoms with Gasteiger partial charge in [0.2, 0.25) is 6.79 Å². The highest BCUT2D eigenvalue weighted by molar-refractivity contribution is 5.69. The van der Waals surface area contributed by atoms with Crippen molar-refractivity contribution < 1.29 is 9.47 Å². The molecule has 9 heteroatoms. The average Bonchev–Trinajstić information content (AvgIpc) is 3.52. The van der Waals surface area contributed by atoms with E-state index in [0.29, 0.717) is 11.7 Å². The first-order valence-corrected chi connectivity index (χ1v) is 12.3. The molecule has 2 aromatic heterocycles. The predicted molar refractivity (Wildman–Crippen MR) is 133 cm³/mol. The van der Waals surface area contributed by atoms with E-state index in [1.807, 2.05) is 6.07 Å². The number of imidazole rings is 1. The Bertz CT molecular complexity index is 1340. The van der Waals surface area contributed by atoms with Crippen molar-refractivity contribution >= 4 is 11.3 Å². The van der Waals surface area contributed by atoms with Gasteiger partial charge in [-0.25, -0.2) is 14.2 Å². The molecule has 0 bridgehead atoms. The number of nitriles is 1. The molecule has 0 N–H and O–H groups in total. The van der Waals surface area contributed by atoms with Crippen LogP contribution in [0.25, 0.3) is 5.65 Å². The Kier molecular flexibility index (Phi) is 6.15. The van der Waals surface area contributed by atoms with Gasteiger partial charge in [-0.05, 0) is 37.5 Å². The molecule has 1 aromatic carbocycles. The molecule has 35 heavy (non-hydrogen) atoms. The normalized spacial score (nSPS) is 20.8. The van der Waals surface area contributed by atoms with Crippen LogP contribution in [0.3, 0.4) is 0 Å². The largest absolute Gasteiger partial charge is 0.454 e. The molecule has 1 fully saturated rings. The molecule has 1 unspecified atom stereocenters. The van der Waals surface area contributed by atoms with Crippen molar-refractivity contribution in [3.05, 3.63) is 52.1 Å². The second-order valence-electron chi connectivity index (χ2n) is 9.39. The summed E-state index contributed by atoms with van der Waals surface area (Å²) >= 11 is 0. The number of piperazine rings is 1. The fourth-order valence-corrected chi connectivity index (χ4v) is 5.40. The van der Waals surface area contributed by atoms with E-state index in [0.717, 1.165) is 48.8 Å². The van der Waals surface area contributed by atoms with Crippen LogP contribution in [-0.2, 0) is 13.5 Å². The number of hydrogen-bond donors (Lipinski definition) is 0. The number of rotatable bonds is 6. The lowest BCUT2D eigenvalue weighted by atomic mass is 9.96. The molecule has 2 aliphatic rings. The molecule has 184 valence electrons. The first-order chi connectivity index (χ1) is 16.9. The van der Waals surface area contributed by atoms with Crippen molar-refractivity contribution in [2.75, 3.05) is 24.8 Å². The maximum atomic E-state index is 12.9. The third-order valence-electron chi connectivity index (χ3n) is 7.50. The first-order valence-electron chi connectivity index (χ1n) is 12.3. The Balaban J connectivity index is 1.49. The molecule has 0 spiro atoms. The lowest BCUT2D eigenvalue weighted by Crippen LogP contribution is -2.59. The van der Waals surface area contributed by atoms with E-state index in [1.54, 1.807) is 28.5 Å². The van der Waals surface area contributed by atoms with Gasteiger partial charge >= 0.3 is 0 Å². The van der Waals surface area contributed by atoms with Crippen molar-refractivity contribution in [2.24, 2.45) is 7.05 Å². The maximum absolute atomic E-state index is 12.9. The van der Waals surface area contributed by atoms with Gasteiger partial charge in [-0.3, -0.25) is 9.69 Å². The quantitative estimate of drug-likeness (QED) is 0.540. The van der Waals surface area contributed by atoms with Crippen molar-refractivity contribution in [3.63, 3.8) is 0 Å². The molecule has 9 nitrogen and oxygen atoms in total. The highest BCUT2D eigenvalue weighted by atomic mass is 16.7. The summed E-state index contributed by atoms with van der Waals surface area (Å²) in [4.78, 5) is 22.5. The zero-order valence-electron chi connectivity index (χ0n) is 20.8. The topological polar surface area (TPSA) is 88.0 Å². The van der Waals surface area contributed by atoms with Crippen molar-refractivity contribution in [1.82, 2.24) is 19.1 Å². The fourth-order valence-electron chi connectivity index (χ4n) is 5.40. The zero-order valence-corrected chi connectivity index (χ0v) is 20.8. The zero-order chi connectivity index (χ0) is 24.7. The van der Waals surface area contributed by atoms with Crippen LogP contribution in [0, 0.1) is 11.3 Å². The van der Waals surface area contributed by atoms with Gasteiger partial charge < -0.3 is 14.4 Å². The SMILES string of the molecule is CC[C@H]1CN(C(C)c2ccc3c(c2)OCO3)[C@H](CC)CN1c1cc(=O)n(C)n2cc(CC#N)nc12. The number of fused-ring (bicyclic) bond motifs is 2. The van der Waals surface area contributed by atoms with E-state index >= 15 is 0 Å². The van der Waals surface area contributed by atoms with Gasteiger partial charge in [0, 0.05) is 44.3 Å². The van der Waals surface area contributed by atoms with Crippen LogP contribution in [0.15, 0.2) is 35.3 Å². The van der Waals surface area contributed by atoms with Crippen molar-refractivity contribution in [3.8, 4) is 17.6 Å². The number of ether oxygens (including phenoxy) is 2. The lowest BCUT2D eigenvalue weighted by molar-refractivity contribution is 0.101. The third-order valence-corrected chi connectivity index (χ3v) is 7.50.